The zero-order valence-corrected chi connectivity index (χ0v) is 13.2. The number of hydrogen-bond donors (Lipinski definition) is 2. The minimum atomic E-state index is -3.57. The molecule has 1 amide bonds. The third-order valence-electron chi connectivity index (χ3n) is 3.14. The van der Waals surface area contributed by atoms with Crippen LogP contribution in [0.5, 0.6) is 0 Å². The summed E-state index contributed by atoms with van der Waals surface area (Å²) in [6.45, 7) is 1.86. The smallest absolute Gasteiger partial charge is 0.251 e. The van der Waals surface area contributed by atoms with Gasteiger partial charge in [0.2, 0.25) is 10.0 Å². The molecule has 0 saturated carbocycles. The number of carbonyl (C=O) groups excluding carboxylic acids is 1. The van der Waals surface area contributed by atoms with Gasteiger partial charge in [0.05, 0.1) is 11.2 Å². The highest BCUT2D eigenvalue weighted by molar-refractivity contribution is 7.89. The Morgan fingerprint density at radius 1 is 1.27 bits per heavy atom. The van der Waals surface area contributed by atoms with Gasteiger partial charge < -0.3 is 9.73 Å². The normalized spacial score (nSPS) is 12.8. The average Bonchev–Trinajstić information content (AvgIpc) is 3.00. The first-order valence-corrected chi connectivity index (χ1v) is 8.27. The van der Waals surface area contributed by atoms with Crippen LogP contribution >= 0.6 is 0 Å². The van der Waals surface area contributed by atoms with E-state index in [0.717, 1.165) is 5.76 Å². The number of amides is 1. The van der Waals surface area contributed by atoms with Crippen LogP contribution in [0.2, 0.25) is 0 Å². The van der Waals surface area contributed by atoms with E-state index < -0.39 is 10.0 Å². The first-order valence-electron chi connectivity index (χ1n) is 6.79. The van der Waals surface area contributed by atoms with Crippen molar-refractivity contribution in [1.82, 2.24) is 10.0 Å². The van der Waals surface area contributed by atoms with E-state index in [4.69, 9.17) is 4.42 Å². The first kappa shape index (κ1) is 16.3. The fourth-order valence-corrected chi connectivity index (χ4v) is 2.79. The van der Waals surface area contributed by atoms with Gasteiger partial charge in [0, 0.05) is 18.0 Å². The van der Waals surface area contributed by atoms with Crippen LogP contribution < -0.4 is 10.0 Å². The van der Waals surface area contributed by atoms with E-state index in [-0.39, 0.29) is 16.8 Å². The third-order valence-corrected chi connectivity index (χ3v) is 4.55. The van der Waals surface area contributed by atoms with E-state index >= 15 is 0 Å². The van der Waals surface area contributed by atoms with E-state index in [0.29, 0.717) is 12.0 Å². The molecule has 0 unspecified atom stereocenters. The number of furan rings is 1. The summed E-state index contributed by atoms with van der Waals surface area (Å²) in [5.74, 6) is 0.450. The van der Waals surface area contributed by atoms with Gasteiger partial charge in [0.15, 0.2) is 0 Å². The van der Waals surface area contributed by atoms with Crippen molar-refractivity contribution in [3.8, 4) is 0 Å². The van der Waals surface area contributed by atoms with Crippen molar-refractivity contribution in [3.05, 3.63) is 54.0 Å². The van der Waals surface area contributed by atoms with E-state index in [1.54, 1.807) is 18.4 Å². The number of rotatable bonds is 6. The maximum Gasteiger partial charge on any atom is 0.251 e. The molecule has 0 spiro atoms. The predicted molar refractivity (Wildman–Crippen MR) is 82.0 cm³/mol. The summed E-state index contributed by atoms with van der Waals surface area (Å²) in [5, 5.41) is 2.82. The molecule has 1 atom stereocenters. The predicted octanol–water partition coefficient (Wildman–Crippen LogP) is 1.55. The number of hydrogen-bond acceptors (Lipinski definition) is 4. The molecule has 6 nitrogen and oxygen atoms in total. The van der Waals surface area contributed by atoms with Crippen molar-refractivity contribution in [2.45, 2.75) is 24.3 Å². The van der Waals surface area contributed by atoms with Gasteiger partial charge in [-0.3, -0.25) is 4.79 Å². The molecule has 2 aromatic rings. The fourth-order valence-electron chi connectivity index (χ4n) is 2.01. The second-order valence-electron chi connectivity index (χ2n) is 4.89. The molecule has 0 radical (unpaired) electrons. The molecule has 0 aliphatic heterocycles. The summed E-state index contributed by atoms with van der Waals surface area (Å²) in [5.41, 5.74) is 0.294. The minimum absolute atomic E-state index is 0.0568. The third kappa shape index (κ3) is 3.96. The summed E-state index contributed by atoms with van der Waals surface area (Å²) in [6, 6.07) is 9.39. The lowest BCUT2D eigenvalue weighted by Crippen LogP contribution is -2.34. The van der Waals surface area contributed by atoms with Crippen molar-refractivity contribution in [3.63, 3.8) is 0 Å². The molecule has 1 heterocycles. The van der Waals surface area contributed by atoms with Crippen molar-refractivity contribution in [1.29, 1.82) is 0 Å². The van der Waals surface area contributed by atoms with E-state index in [2.05, 4.69) is 10.0 Å². The largest absolute Gasteiger partial charge is 0.469 e. The van der Waals surface area contributed by atoms with Crippen LogP contribution in [0.3, 0.4) is 0 Å². The Morgan fingerprint density at radius 2 is 2.05 bits per heavy atom. The van der Waals surface area contributed by atoms with Crippen LogP contribution in [-0.2, 0) is 16.4 Å². The summed E-state index contributed by atoms with van der Waals surface area (Å²) >= 11 is 0. The quantitative estimate of drug-likeness (QED) is 0.844. The molecule has 0 saturated heterocycles. The molecule has 1 aromatic heterocycles. The van der Waals surface area contributed by atoms with Crippen LogP contribution in [0.1, 0.15) is 23.0 Å². The molecule has 22 heavy (non-hydrogen) atoms. The maximum absolute atomic E-state index is 12.2. The summed E-state index contributed by atoms with van der Waals surface area (Å²) in [4.78, 5) is 12.3. The molecule has 0 bridgehead atoms. The van der Waals surface area contributed by atoms with Crippen LogP contribution in [0.15, 0.2) is 52.0 Å². The van der Waals surface area contributed by atoms with Gasteiger partial charge in [-0.15, -0.1) is 0 Å². The Labute approximate surface area is 129 Å². The molecule has 0 aliphatic carbocycles. The van der Waals surface area contributed by atoms with Crippen LogP contribution in [0, 0.1) is 0 Å². The lowest BCUT2D eigenvalue weighted by Gasteiger charge is -2.13. The van der Waals surface area contributed by atoms with E-state index in [1.807, 2.05) is 13.0 Å². The van der Waals surface area contributed by atoms with E-state index in [1.165, 1.54) is 25.2 Å². The Bertz CT molecular complexity index is 739. The highest BCUT2D eigenvalue weighted by atomic mass is 32.2. The number of benzene rings is 1. The van der Waals surface area contributed by atoms with Gasteiger partial charge in [0.1, 0.15) is 5.76 Å². The Morgan fingerprint density at radius 3 is 2.68 bits per heavy atom. The fraction of sp³-hybridized carbons (Fsp3) is 0.267. The monoisotopic (exact) mass is 322 g/mol. The lowest BCUT2D eigenvalue weighted by atomic mass is 10.1. The minimum Gasteiger partial charge on any atom is -0.469 e. The van der Waals surface area contributed by atoms with Crippen LogP contribution in [0.4, 0.5) is 0 Å². The van der Waals surface area contributed by atoms with Crippen molar-refractivity contribution >= 4 is 15.9 Å². The molecule has 0 aliphatic rings. The molecular formula is C15H18N2O4S. The summed E-state index contributed by atoms with van der Waals surface area (Å²) in [6.07, 6.45) is 2.14. The first-order chi connectivity index (χ1) is 10.4. The summed E-state index contributed by atoms with van der Waals surface area (Å²) in [7, 11) is -2.24. The highest BCUT2D eigenvalue weighted by Gasteiger charge is 2.16. The number of sulfonamides is 1. The van der Waals surface area contributed by atoms with Gasteiger partial charge in [-0.1, -0.05) is 6.07 Å². The van der Waals surface area contributed by atoms with Gasteiger partial charge in [0.25, 0.3) is 5.91 Å². The van der Waals surface area contributed by atoms with Crippen molar-refractivity contribution < 1.29 is 17.6 Å². The Kier molecular flexibility index (Phi) is 4.99. The lowest BCUT2D eigenvalue weighted by molar-refractivity contribution is 0.0939. The summed E-state index contributed by atoms with van der Waals surface area (Å²) < 4.78 is 31.0. The van der Waals surface area contributed by atoms with Gasteiger partial charge in [-0.25, -0.2) is 13.1 Å². The highest BCUT2D eigenvalue weighted by Crippen LogP contribution is 2.12. The topological polar surface area (TPSA) is 88.4 Å². The molecule has 1 aromatic carbocycles. The maximum atomic E-state index is 12.2. The molecule has 118 valence electrons. The van der Waals surface area contributed by atoms with Crippen molar-refractivity contribution in [2.75, 3.05) is 7.05 Å². The number of nitrogens with one attached hydrogen (secondary N) is 2. The van der Waals surface area contributed by atoms with Gasteiger partial charge in [-0.2, -0.15) is 0 Å². The van der Waals surface area contributed by atoms with Gasteiger partial charge >= 0.3 is 0 Å². The standard InChI is InChI=1S/C15H18N2O4S/c1-11(9-13-6-4-8-21-13)17-15(18)12-5-3-7-14(10-12)22(19,20)16-2/h3-8,10-11,16H,9H2,1-2H3,(H,17,18)/t11-/m1/s1. The second-order valence-corrected chi connectivity index (χ2v) is 6.78. The second kappa shape index (κ2) is 6.76. The molecular weight excluding hydrogens is 304 g/mol. The molecule has 0 fully saturated rings. The zero-order valence-electron chi connectivity index (χ0n) is 12.4. The molecule has 7 heteroatoms. The Balaban J connectivity index is 2.08. The zero-order chi connectivity index (χ0) is 16.2. The SMILES string of the molecule is CNS(=O)(=O)c1cccc(C(=O)N[C@H](C)Cc2ccco2)c1. The Hall–Kier alpha value is -2.12. The van der Waals surface area contributed by atoms with Crippen LogP contribution in [-0.4, -0.2) is 27.4 Å². The number of carbonyl (C=O) groups is 1. The average molecular weight is 322 g/mol. The van der Waals surface area contributed by atoms with Crippen LogP contribution in [0.25, 0.3) is 0 Å². The molecule has 2 N–H and O–H groups in total. The van der Waals surface area contributed by atoms with Crippen molar-refractivity contribution in [2.24, 2.45) is 0 Å². The van der Waals surface area contributed by atoms with Gasteiger partial charge in [-0.05, 0) is 44.3 Å². The van der Waals surface area contributed by atoms with E-state index in [9.17, 15) is 13.2 Å². The molecule has 2 rings (SSSR count).